The molecule has 0 aliphatic carbocycles. The van der Waals surface area contributed by atoms with Crippen LogP contribution in [0.5, 0.6) is 0 Å². The second-order valence-electron chi connectivity index (χ2n) is 7.98. The molecule has 1 amide bonds. The Hall–Kier alpha value is -2.62. The molecule has 0 unspecified atom stereocenters. The van der Waals surface area contributed by atoms with Gasteiger partial charge in [-0.1, -0.05) is 17.7 Å². The predicted molar refractivity (Wildman–Crippen MR) is 124 cm³/mol. The highest BCUT2D eigenvalue weighted by Gasteiger charge is 2.32. The summed E-state index contributed by atoms with van der Waals surface area (Å²) in [7, 11) is -3.70. The molecule has 1 aliphatic heterocycles. The molecule has 0 spiro atoms. The molecule has 1 N–H and O–H groups in total. The highest BCUT2D eigenvalue weighted by atomic mass is 32.2. The Kier molecular flexibility index (Phi) is 6.41. The molecular weight excluding hydrogens is 449 g/mol. The summed E-state index contributed by atoms with van der Waals surface area (Å²) in [6.07, 6.45) is 0.836. The number of carbonyl (C=O) groups is 1. The van der Waals surface area contributed by atoms with Crippen molar-refractivity contribution in [3.05, 3.63) is 64.8 Å². The number of nitrogens with one attached hydrogen (secondary N) is 1. The minimum atomic E-state index is -3.70. The topological polar surface area (TPSA) is 79.4 Å². The Morgan fingerprint density at radius 1 is 1.12 bits per heavy atom. The molecule has 0 atom stereocenters. The summed E-state index contributed by atoms with van der Waals surface area (Å²) in [6.45, 7) is 4.54. The van der Waals surface area contributed by atoms with Crippen LogP contribution in [0.25, 0.3) is 11.3 Å². The maximum atomic E-state index is 13.1. The van der Waals surface area contributed by atoms with E-state index in [0.717, 1.165) is 34.5 Å². The molecule has 0 saturated carbocycles. The van der Waals surface area contributed by atoms with Gasteiger partial charge in [-0.3, -0.25) is 4.79 Å². The number of carbonyl (C=O) groups excluding carboxylic acids is 1. The van der Waals surface area contributed by atoms with Crippen LogP contribution in [0.3, 0.4) is 0 Å². The van der Waals surface area contributed by atoms with Crippen molar-refractivity contribution in [1.29, 1.82) is 0 Å². The van der Waals surface area contributed by atoms with Crippen molar-refractivity contribution in [3.8, 4) is 11.3 Å². The lowest BCUT2D eigenvalue weighted by atomic mass is 9.97. The highest BCUT2D eigenvalue weighted by molar-refractivity contribution is 7.89. The molecule has 1 aliphatic rings. The number of anilines is 1. The van der Waals surface area contributed by atoms with E-state index in [1.54, 1.807) is 0 Å². The summed E-state index contributed by atoms with van der Waals surface area (Å²) in [5.74, 6) is -0.921. The van der Waals surface area contributed by atoms with Crippen molar-refractivity contribution >= 4 is 32.4 Å². The van der Waals surface area contributed by atoms with Crippen LogP contribution < -0.4 is 5.32 Å². The number of hydrogen-bond acceptors (Lipinski definition) is 5. The lowest BCUT2D eigenvalue weighted by molar-refractivity contribution is -0.120. The van der Waals surface area contributed by atoms with Gasteiger partial charge in [-0.15, -0.1) is 11.3 Å². The first-order chi connectivity index (χ1) is 15.2. The van der Waals surface area contributed by atoms with Gasteiger partial charge < -0.3 is 5.32 Å². The molecule has 168 valence electrons. The van der Waals surface area contributed by atoms with Crippen LogP contribution in [0.4, 0.5) is 9.52 Å². The fraction of sp³-hybridized carbons (Fsp3) is 0.304. The van der Waals surface area contributed by atoms with Crippen LogP contribution in [0.1, 0.15) is 24.0 Å². The number of hydrogen-bond donors (Lipinski definition) is 1. The molecule has 2 aromatic carbocycles. The van der Waals surface area contributed by atoms with Crippen molar-refractivity contribution in [1.82, 2.24) is 9.29 Å². The first-order valence-electron chi connectivity index (χ1n) is 10.3. The van der Waals surface area contributed by atoms with Crippen molar-refractivity contribution in [3.63, 3.8) is 0 Å². The van der Waals surface area contributed by atoms with Crippen molar-refractivity contribution in [2.75, 3.05) is 18.4 Å². The van der Waals surface area contributed by atoms with E-state index >= 15 is 0 Å². The Morgan fingerprint density at radius 3 is 2.50 bits per heavy atom. The van der Waals surface area contributed by atoms with Gasteiger partial charge in [0, 0.05) is 30.0 Å². The van der Waals surface area contributed by atoms with E-state index in [1.807, 2.05) is 19.2 Å². The number of aromatic nitrogens is 1. The van der Waals surface area contributed by atoms with Crippen LogP contribution in [0.2, 0.25) is 0 Å². The van der Waals surface area contributed by atoms with E-state index in [1.165, 1.54) is 27.8 Å². The normalized spacial score (nSPS) is 15.6. The molecule has 6 nitrogen and oxygen atoms in total. The van der Waals surface area contributed by atoms with Crippen molar-refractivity contribution in [2.24, 2.45) is 5.92 Å². The SMILES string of the molecule is Cc1ccc(C)c(-c2csc(NC(=O)C3CCN(S(=O)(=O)c4ccc(F)cc4)CC3)n2)c1. The predicted octanol–water partition coefficient (Wildman–Crippen LogP) is 4.61. The largest absolute Gasteiger partial charge is 0.302 e. The fourth-order valence-electron chi connectivity index (χ4n) is 3.79. The molecule has 0 radical (unpaired) electrons. The molecule has 9 heteroatoms. The molecule has 1 aromatic heterocycles. The maximum absolute atomic E-state index is 13.1. The molecule has 0 bridgehead atoms. The Balaban J connectivity index is 1.38. The Bertz CT molecular complexity index is 1230. The van der Waals surface area contributed by atoms with Crippen molar-refractivity contribution in [2.45, 2.75) is 31.6 Å². The molecule has 32 heavy (non-hydrogen) atoms. The van der Waals surface area contributed by atoms with Gasteiger partial charge in [-0.05, 0) is 62.6 Å². The molecule has 4 rings (SSSR count). The van der Waals surface area contributed by atoms with E-state index in [0.29, 0.717) is 18.0 Å². The number of rotatable bonds is 5. The van der Waals surface area contributed by atoms with Gasteiger partial charge in [0.25, 0.3) is 0 Å². The first-order valence-corrected chi connectivity index (χ1v) is 12.7. The molecule has 1 fully saturated rings. The van der Waals surface area contributed by atoms with Gasteiger partial charge in [0.05, 0.1) is 10.6 Å². The van der Waals surface area contributed by atoms with Crippen LogP contribution in [0.15, 0.2) is 52.7 Å². The number of aryl methyl sites for hydroxylation is 2. The number of thiazole rings is 1. The minimum Gasteiger partial charge on any atom is -0.302 e. The van der Waals surface area contributed by atoms with E-state index in [2.05, 4.69) is 28.5 Å². The summed E-state index contributed by atoms with van der Waals surface area (Å²) in [5.41, 5.74) is 4.13. The van der Waals surface area contributed by atoms with E-state index in [9.17, 15) is 17.6 Å². The average Bonchev–Trinajstić information content (AvgIpc) is 3.24. The summed E-state index contributed by atoms with van der Waals surface area (Å²) in [4.78, 5) is 17.4. The summed E-state index contributed by atoms with van der Waals surface area (Å²) >= 11 is 1.37. The van der Waals surface area contributed by atoms with Gasteiger partial charge in [-0.2, -0.15) is 4.31 Å². The monoisotopic (exact) mass is 473 g/mol. The summed E-state index contributed by atoms with van der Waals surface area (Å²) in [5, 5.41) is 5.35. The first kappa shape index (κ1) is 22.6. The zero-order chi connectivity index (χ0) is 22.9. The molecule has 2 heterocycles. The number of amides is 1. The van der Waals surface area contributed by atoms with E-state index in [-0.39, 0.29) is 29.8 Å². The number of sulfonamides is 1. The molecule has 1 saturated heterocycles. The van der Waals surface area contributed by atoms with Gasteiger partial charge in [-0.25, -0.2) is 17.8 Å². The Labute approximate surface area is 191 Å². The van der Waals surface area contributed by atoms with Crippen LogP contribution in [-0.4, -0.2) is 36.7 Å². The van der Waals surface area contributed by atoms with Gasteiger partial charge in [0.15, 0.2) is 5.13 Å². The van der Waals surface area contributed by atoms with E-state index < -0.39 is 15.8 Å². The van der Waals surface area contributed by atoms with Crippen molar-refractivity contribution < 1.29 is 17.6 Å². The second-order valence-corrected chi connectivity index (χ2v) is 10.8. The van der Waals surface area contributed by atoms with Gasteiger partial charge in [0.1, 0.15) is 5.82 Å². The lowest BCUT2D eigenvalue weighted by Crippen LogP contribution is -2.41. The third-order valence-electron chi connectivity index (χ3n) is 5.68. The minimum absolute atomic E-state index is 0.0589. The number of nitrogens with zero attached hydrogens (tertiary/aromatic N) is 2. The average molecular weight is 474 g/mol. The van der Waals surface area contributed by atoms with Gasteiger partial charge in [0.2, 0.25) is 15.9 Å². The van der Waals surface area contributed by atoms with Crippen LogP contribution in [0, 0.1) is 25.6 Å². The fourth-order valence-corrected chi connectivity index (χ4v) is 5.97. The standard InChI is InChI=1S/C23H24FN3O3S2/c1-15-3-4-16(2)20(13-15)21-14-31-23(25-21)26-22(28)17-9-11-27(12-10-17)32(29,30)19-7-5-18(24)6-8-19/h3-8,13-14,17H,9-12H2,1-2H3,(H,25,26,28). The van der Waals surface area contributed by atoms with Gasteiger partial charge >= 0.3 is 0 Å². The zero-order valence-corrected chi connectivity index (χ0v) is 19.5. The quantitative estimate of drug-likeness (QED) is 0.587. The summed E-state index contributed by atoms with van der Waals surface area (Å²) < 4.78 is 40.0. The van der Waals surface area contributed by atoms with Crippen LogP contribution >= 0.6 is 11.3 Å². The number of benzene rings is 2. The number of halogens is 1. The highest BCUT2D eigenvalue weighted by Crippen LogP contribution is 2.30. The van der Waals surface area contributed by atoms with Crippen LogP contribution in [-0.2, 0) is 14.8 Å². The number of piperidine rings is 1. The zero-order valence-electron chi connectivity index (χ0n) is 17.8. The Morgan fingerprint density at radius 2 is 1.81 bits per heavy atom. The second kappa shape index (κ2) is 9.09. The molecular formula is C23H24FN3O3S2. The van der Waals surface area contributed by atoms with E-state index in [4.69, 9.17) is 0 Å². The smallest absolute Gasteiger partial charge is 0.243 e. The molecule has 3 aromatic rings. The lowest BCUT2D eigenvalue weighted by Gasteiger charge is -2.30. The maximum Gasteiger partial charge on any atom is 0.243 e. The summed E-state index contributed by atoms with van der Waals surface area (Å²) in [6, 6.07) is 11.0. The third kappa shape index (κ3) is 4.74. The third-order valence-corrected chi connectivity index (χ3v) is 8.35.